The SMILES string of the molecule is O=C(NC1CCN(C(=O)c2ccncc2)CC1)c1cc(-c2cccc3ccccc23)nc2ccccc12. The van der Waals surface area contributed by atoms with Gasteiger partial charge in [0.1, 0.15) is 0 Å². The molecule has 5 aromatic rings. The number of nitrogens with zero attached hydrogens (tertiary/aromatic N) is 3. The molecule has 0 unspecified atom stereocenters. The third-order valence-electron chi connectivity index (χ3n) is 7.07. The molecule has 6 nitrogen and oxygen atoms in total. The number of amides is 2. The van der Waals surface area contributed by atoms with Gasteiger partial charge in [-0.3, -0.25) is 14.6 Å². The summed E-state index contributed by atoms with van der Waals surface area (Å²) >= 11 is 0. The van der Waals surface area contributed by atoms with Gasteiger partial charge in [-0.05, 0) is 47.9 Å². The molecule has 0 aliphatic carbocycles. The molecule has 2 amide bonds. The van der Waals surface area contributed by atoms with Gasteiger partial charge >= 0.3 is 0 Å². The van der Waals surface area contributed by atoms with Crippen LogP contribution in [-0.4, -0.2) is 45.8 Å². The molecule has 0 saturated carbocycles. The molecule has 0 radical (unpaired) electrons. The zero-order valence-electron chi connectivity index (χ0n) is 20.3. The van der Waals surface area contributed by atoms with E-state index in [2.05, 4.69) is 34.6 Å². The van der Waals surface area contributed by atoms with Crippen molar-refractivity contribution in [2.45, 2.75) is 18.9 Å². The number of benzene rings is 3. The van der Waals surface area contributed by atoms with Crippen LogP contribution in [0.4, 0.5) is 0 Å². The smallest absolute Gasteiger partial charge is 0.253 e. The Morgan fingerprint density at radius 2 is 1.51 bits per heavy atom. The van der Waals surface area contributed by atoms with E-state index in [9.17, 15) is 9.59 Å². The molecule has 0 bridgehead atoms. The molecule has 2 aromatic heterocycles. The van der Waals surface area contributed by atoms with E-state index in [0.29, 0.717) is 37.1 Å². The minimum absolute atomic E-state index is 0.00178. The second kappa shape index (κ2) is 9.82. The molecule has 3 aromatic carbocycles. The molecule has 1 aliphatic rings. The molecule has 1 saturated heterocycles. The van der Waals surface area contributed by atoms with Crippen molar-refractivity contribution in [1.82, 2.24) is 20.2 Å². The van der Waals surface area contributed by atoms with E-state index < -0.39 is 0 Å². The Hall–Kier alpha value is -4.58. The van der Waals surface area contributed by atoms with Crippen LogP contribution in [0.5, 0.6) is 0 Å². The fraction of sp³-hybridized carbons (Fsp3) is 0.161. The lowest BCUT2D eigenvalue weighted by molar-refractivity contribution is 0.0698. The van der Waals surface area contributed by atoms with Crippen molar-refractivity contribution in [3.8, 4) is 11.3 Å². The first-order chi connectivity index (χ1) is 18.2. The zero-order valence-corrected chi connectivity index (χ0v) is 20.3. The summed E-state index contributed by atoms with van der Waals surface area (Å²) in [7, 11) is 0. The maximum absolute atomic E-state index is 13.6. The largest absolute Gasteiger partial charge is 0.349 e. The predicted octanol–water partition coefficient (Wildman–Crippen LogP) is 5.48. The first-order valence-corrected chi connectivity index (χ1v) is 12.6. The topological polar surface area (TPSA) is 75.2 Å². The lowest BCUT2D eigenvalue weighted by Crippen LogP contribution is -2.46. The van der Waals surface area contributed by atoms with Crippen LogP contribution in [0.15, 0.2) is 97.3 Å². The number of hydrogen-bond acceptors (Lipinski definition) is 4. The van der Waals surface area contributed by atoms with Crippen LogP contribution in [0.3, 0.4) is 0 Å². The summed E-state index contributed by atoms with van der Waals surface area (Å²) < 4.78 is 0. The van der Waals surface area contributed by atoms with Gasteiger partial charge in [0.2, 0.25) is 0 Å². The monoisotopic (exact) mass is 486 g/mol. The maximum atomic E-state index is 13.6. The van der Waals surface area contributed by atoms with E-state index >= 15 is 0 Å². The van der Waals surface area contributed by atoms with Crippen LogP contribution in [0.2, 0.25) is 0 Å². The second-order valence-electron chi connectivity index (χ2n) is 9.37. The zero-order chi connectivity index (χ0) is 25.2. The summed E-state index contributed by atoms with van der Waals surface area (Å²) in [4.78, 5) is 37.1. The number of hydrogen-bond donors (Lipinski definition) is 1. The van der Waals surface area contributed by atoms with E-state index in [0.717, 1.165) is 32.9 Å². The average molecular weight is 487 g/mol. The normalized spacial score (nSPS) is 14.1. The summed E-state index contributed by atoms with van der Waals surface area (Å²) in [6.45, 7) is 1.20. The fourth-order valence-corrected chi connectivity index (χ4v) is 5.12. The summed E-state index contributed by atoms with van der Waals surface area (Å²) in [5, 5.41) is 6.29. The fourth-order valence-electron chi connectivity index (χ4n) is 5.12. The van der Waals surface area contributed by atoms with Crippen LogP contribution in [0.25, 0.3) is 32.9 Å². The predicted molar refractivity (Wildman–Crippen MR) is 145 cm³/mol. The number of piperidine rings is 1. The molecular formula is C31H26N4O2. The first kappa shape index (κ1) is 22.9. The Morgan fingerprint density at radius 1 is 0.811 bits per heavy atom. The van der Waals surface area contributed by atoms with E-state index in [1.165, 1.54) is 0 Å². The third-order valence-corrected chi connectivity index (χ3v) is 7.07. The minimum Gasteiger partial charge on any atom is -0.349 e. The lowest BCUT2D eigenvalue weighted by Gasteiger charge is -2.32. The van der Waals surface area contributed by atoms with Crippen LogP contribution in [-0.2, 0) is 0 Å². The van der Waals surface area contributed by atoms with Gasteiger partial charge in [-0.2, -0.15) is 0 Å². The number of nitrogens with one attached hydrogen (secondary N) is 1. The highest BCUT2D eigenvalue weighted by Crippen LogP contribution is 2.30. The maximum Gasteiger partial charge on any atom is 0.253 e. The Morgan fingerprint density at radius 3 is 2.32 bits per heavy atom. The van der Waals surface area contributed by atoms with Gasteiger partial charge in [0, 0.05) is 48.0 Å². The number of fused-ring (bicyclic) bond motifs is 2. The summed E-state index contributed by atoms with van der Waals surface area (Å²) in [5.74, 6) is -0.106. The van der Waals surface area contributed by atoms with Gasteiger partial charge in [0.15, 0.2) is 0 Å². The van der Waals surface area contributed by atoms with Gasteiger partial charge in [-0.25, -0.2) is 4.98 Å². The Labute approximate surface area is 215 Å². The van der Waals surface area contributed by atoms with Gasteiger partial charge in [0.05, 0.1) is 16.8 Å². The van der Waals surface area contributed by atoms with Crippen molar-refractivity contribution in [1.29, 1.82) is 0 Å². The van der Waals surface area contributed by atoms with Crippen molar-refractivity contribution in [2.75, 3.05) is 13.1 Å². The lowest BCUT2D eigenvalue weighted by atomic mass is 9.98. The average Bonchev–Trinajstić information content (AvgIpc) is 2.96. The highest BCUT2D eigenvalue weighted by Gasteiger charge is 2.25. The molecule has 1 N–H and O–H groups in total. The van der Waals surface area contributed by atoms with Crippen molar-refractivity contribution in [3.63, 3.8) is 0 Å². The number of aromatic nitrogens is 2. The number of pyridine rings is 2. The van der Waals surface area contributed by atoms with E-state index in [-0.39, 0.29) is 17.9 Å². The summed E-state index contributed by atoms with van der Waals surface area (Å²) in [6, 6.07) is 27.5. The second-order valence-corrected chi connectivity index (χ2v) is 9.37. The van der Waals surface area contributed by atoms with Gasteiger partial charge in [-0.1, -0.05) is 60.7 Å². The molecule has 0 atom stereocenters. The highest BCUT2D eigenvalue weighted by atomic mass is 16.2. The van der Waals surface area contributed by atoms with Crippen molar-refractivity contribution >= 4 is 33.5 Å². The van der Waals surface area contributed by atoms with Crippen molar-refractivity contribution in [3.05, 3.63) is 108 Å². The quantitative estimate of drug-likeness (QED) is 0.365. The molecule has 3 heterocycles. The highest BCUT2D eigenvalue weighted by molar-refractivity contribution is 6.08. The Bertz CT molecular complexity index is 1600. The summed E-state index contributed by atoms with van der Waals surface area (Å²) in [5.41, 5.74) is 3.82. The minimum atomic E-state index is -0.112. The molecule has 1 fully saturated rings. The number of para-hydroxylation sites is 1. The number of likely N-dealkylation sites (tertiary alicyclic amines) is 1. The number of rotatable bonds is 4. The molecule has 0 spiro atoms. The molecule has 6 heteroatoms. The standard InChI is InChI=1S/C31H26N4O2/c36-30(33-23-14-18-35(19-15-23)31(37)22-12-16-32-17-13-22)27-20-29(34-28-11-4-3-9-26(27)28)25-10-5-7-21-6-1-2-8-24(21)25/h1-13,16-17,20,23H,14-15,18-19H2,(H,33,36). The molecule has 182 valence electrons. The molecule has 1 aliphatic heterocycles. The Balaban J connectivity index is 1.25. The van der Waals surface area contributed by atoms with Crippen molar-refractivity contribution < 1.29 is 9.59 Å². The van der Waals surface area contributed by atoms with Crippen molar-refractivity contribution in [2.24, 2.45) is 0 Å². The van der Waals surface area contributed by atoms with Crippen LogP contribution in [0.1, 0.15) is 33.6 Å². The van der Waals surface area contributed by atoms with E-state index in [1.54, 1.807) is 24.5 Å². The molecule has 37 heavy (non-hydrogen) atoms. The van der Waals surface area contributed by atoms with E-state index in [1.807, 2.05) is 53.4 Å². The van der Waals surface area contributed by atoms with Gasteiger partial charge < -0.3 is 10.2 Å². The van der Waals surface area contributed by atoms with Crippen LogP contribution in [0, 0.1) is 0 Å². The van der Waals surface area contributed by atoms with Gasteiger partial charge in [-0.15, -0.1) is 0 Å². The van der Waals surface area contributed by atoms with E-state index in [4.69, 9.17) is 4.98 Å². The third kappa shape index (κ3) is 4.54. The summed E-state index contributed by atoms with van der Waals surface area (Å²) in [6.07, 6.45) is 4.68. The molecular weight excluding hydrogens is 460 g/mol. The number of carbonyl (C=O) groups is 2. The Kier molecular flexibility index (Phi) is 6.06. The molecule has 6 rings (SSSR count). The first-order valence-electron chi connectivity index (χ1n) is 12.6. The van der Waals surface area contributed by atoms with Gasteiger partial charge in [0.25, 0.3) is 11.8 Å². The number of carbonyl (C=O) groups excluding carboxylic acids is 2. The van der Waals surface area contributed by atoms with Crippen LogP contribution < -0.4 is 5.32 Å². The van der Waals surface area contributed by atoms with Crippen LogP contribution >= 0.6 is 0 Å².